The van der Waals surface area contributed by atoms with Gasteiger partial charge in [-0.2, -0.15) is 0 Å². The molecule has 100 valence electrons. The molecule has 1 atom stereocenters. The molecule has 0 aromatic heterocycles. The van der Waals surface area contributed by atoms with Gasteiger partial charge in [0.15, 0.2) is 0 Å². The van der Waals surface area contributed by atoms with Crippen molar-refractivity contribution in [2.24, 2.45) is 0 Å². The SMILES string of the molecule is COC(=O)Nc1cccc(C2NC(=O)N(C)C2=O)c1. The Kier molecular flexibility index (Phi) is 3.37. The Morgan fingerprint density at radius 3 is 2.74 bits per heavy atom. The first-order chi connectivity index (χ1) is 9.02. The van der Waals surface area contributed by atoms with Crippen molar-refractivity contribution in [2.75, 3.05) is 19.5 Å². The van der Waals surface area contributed by atoms with E-state index in [1.54, 1.807) is 24.3 Å². The van der Waals surface area contributed by atoms with Gasteiger partial charge >= 0.3 is 12.1 Å². The molecule has 0 aliphatic carbocycles. The Balaban J connectivity index is 2.22. The van der Waals surface area contributed by atoms with Crippen molar-refractivity contribution in [1.82, 2.24) is 10.2 Å². The summed E-state index contributed by atoms with van der Waals surface area (Å²) in [6, 6.07) is 5.48. The Morgan fingerprint density at radius 2 is 2.16 bits per heavy atom. The zero-order valence-corrected chi connectivity index (χ0v) is 10.5. The van der Waals surface area contributed by atoms with Crippen LogP contribution in [-0.2, 0) is 9.53 Å². The van der Waals surface area contributed by atoms with Crippen LogP contribution >= 0.6 is 0 Å². The normalized spacial score (nSPS) is 18.2. The first kappa shape index (κ1) is 12.9. The van der Waals surface area contributed by atoms with Crippen LogP contribution in [0.15, 0.2) is 24.3 Å². The predicted octanol–water partition coefficient (Wildman–Crippen LogP) is 1.09. The molecule has 7 nitrogen and oxygen atoms in total. The fourth-order valence-corrected chi connectivity index (χ4v) is 1.77. The van der Waals surface area contributed by atoms with Crippen molar-refractivity contribution in [1.29, 1.82) is 0 Å². The van der Waals surface area contributed by atoms with Crippen LogP contribution in [0.1, 0.15) is 11.6 Å². The van der Waals surface area contributed by atoms with Crippen molar-refractivity contribution < 1.29 is 19.1 Å². The summed E-state index contributed by atoms with van der Waals surface area (Å²) in [4.78, 5) is 35.3. The van der Waals surface area contributed by atoms with Gasteiger partial charge in [-0.05, 0) is 17.7 Å². The molecule has 0 spiro atoms. The highest BCUT2D eigenvalue weighted by molar-refractivity contribution is 6.04. The van der Waals surface area contributed by atoms with E-state index in [2.05, 4.69) is 15.4 Å². The number of benzene rings is 1. The number of nitrogens with zero attached hydrogens (tertiary/aromatic N) is 1. The number of hydrogen-bond acceptors (Lipinski definition) is 4. The monoisotopic (exact) mass is 263 g/mol. The molecule has 4 amide bonds. The number of anilines is 1. The third-order valence-electron chi connectivity index (χ3n) is 2.80. The van der Waals surface area contributed by atoms with Crippen LogP contribution in [0.2, 0.25) is 0 Å². The van der Waals surface area contributed by atoms with Crippen LogP contribution in [0.5, 0.6) is 0 Å². The summed E-state index contributed by atoms with van der Waals surface area (Å²) >= 11 is 0. The highest BCUT2D eigenvalue weighted by Crippen LogP contribution is 2.23. The van der Waals surface area contributed by atoms with E-state index in [0.717, 1.165) is 4.90 Å². The lowest BCUT2D eigenvalue weighted by Crippen LogP contribution is -2.25. The van der Waals surface area contributed by atoms with Crippen molar-refractivity contribution in [3.63, 3.8) is 0 Å². The van der Waals surface area contributed by atoms with Gasteiger partial charge in [0.2, 0.25) is 0 Å². The number of rotatable bonds is 2. The van der Waals surface area contributed by atoms with E-state index in [1.807, 2.05) is 0 Å². The van der Waals surface area contributed by atoms with E-state index >= 15 is 0 Å². The number of carbonyl (C=O) groups excluding carboxylic acids is 3. The average Bonchev–Trinajstić information content (AvgIpc) is 2.67. The number of imide groups is 1. The highest BCUT2D eigenvalue weighted by atomic mass is 16.5. The fraction of sp³-hybridized carbons (Fsp3) is 0.250. The van der Waals surface area contributed by atoms with E-state index in [9.17, 15) is 14.4 Å². The van der Waals surface area contributed by atoms with E-state index in [4.69, 9.17) is 0 Å². The van der Waals surface area contributed by atoms with E-state index in [1.165, 1.54) is 14.2 Å². The largest absolute Gasteiger partial charge is 0.453 e. The topological polar surface area (TPSA) is 87.7 Å². The number of methoxy groups -OCH3 is 1. The fourth-order valence-electron chi connectivity index (χ4n) is 1.77. The first-order valence-electron chi connectivity index (χ1n) is 5.56. The van der Waals surface area contributed by atoms with Gasteiger partial charge < -0.3 is 10.1 Å². The van der Waals surface area contributed by atoms with Crippen molar-refractivity contribution in [3.8, 4) is 0 Å². The van der Waals surface area contributed by atoms with Crippen molar-refractivity contribution in [2.45, 2.75) is 6.04 Å². The van der Waals surface area contributed by atoms with Gasteiger partial charge in [-0.3, -0.25) is 15.0 Å². The molecule has 7 heteroatoms. The molecule has 1 unspecified atom stereocenters. The summed E-state index contributed by atoms with van der Waals surface area (Å²) in [6.45, 7) is 0. The number of hydrogen-bond donors (Lipinski definition) is 2. The Labute approximate surface area is 109 Å². The van der Waals surface area contributed by atoms with E-state index < -0.39 is 18.2 Å². The van der Waals surface area contributed by atoms with Gasteiger partial charge in [-0.15, -0.1) is 0 Å². The molecule has 1 aromatic carbocycles. The minimum atomic E-state index is -0.725. The van der Waals surface area contributed by atoms with Gasteiger partial charge in [-0.25, -0.2) is 9.59 Å². The van der Waals surface area contributed by atoms with Crippen LogP contribution < -0.4 is 10.6 Å². The summed E-state index contributed by atoms with van der Waals surface area (Å²) in [6.07, 6.45) is -0.601. The molecule has 2 rings (SSSR count). The quantitative estimate of drug-likeness (QED) is 0.782. The highest BCUT2D eigenvalue weighted by Gasteiger charge is 2.36. The molecule has 1 aliphatic heterocycles. The summed E-state index contributed by atoms with van der Waals surface area (Å²) in [5.41, 5.74) is 1.08. The molecule has 0 bridgehead atoms. The summed E-state index contributed by atoms with van der Waals surface area (Å²) < 4.78 is 4.48. The van der Waals surface area contributed by atoms with Crippen LogP contribution in [0.4, 0.5) is 15.3 Å². The number of urea groups is 1. The molecule has 2 N–H and O–H groups in total. The third-order valence-corrected chi connectivity index (χ3v) is 2.80. The molecule has 1 saturated heterocycles. The van der Waals surface area contributed by atoms with Crippen LogP contribution in [-0.4, -0.2) is 37.1 Å². The molecule has 1 aliphatic rings. The summed E-state index contributed by atoms with van der Waals surface area (Å²) in [5, 5.41) is 5.05. The van der Waals surface area contributed by atoms with Gasteiger partial charge in [-0.1, -0.05) is 12.1 Å². The summed E-state index contributed by atoms with van der Waals surface area (Å²) in [5.74, 6) is -0.333. The van der Waals surface area contributed by atoms with Crippen LogP contribution in [0.3, 0.4) is 0 Å². The Hall–Kier alpha value is -2.57. The number of amides is 4. The minimum absolute atomic E-state index is 0.333. The second kappa shape index (κ2) is 4.97. The van der Waals surface area contributed by atoms with Gasteiger partial charge in [0.1, 0.15) is 6.04 Å². The first-order valence-corrected chi connectivity index (χ1v) is 5.56. The van der Waals surface area contributed by atoms with Gasteiger partial charge in [0, 0.05) is 12.7 Å². The van der Waals surface area contributed by atoms with Gasteiger partial charge in [0.25, 0.3) is 5.91 Å². The molecule has 1 aromatic rings. The Morgan fingerprint density at radius 1 is 1.42 bits per heavy atom. The second-order valence-corrected chi connectivity index (χ2v) is 4.02. The van der Waals surface area contributed by atoms with Crippen LogP contribution in [0.25, 0.3) is 0 Å². The lowest BCUT2D eigenvalue weighted by atomic mass is 10.1. The number of nitrogens with one attached hydrogen (secondary N) is 2. The van der Waals surface area contributed by atoms with Crippen molar-refractivity contribution >= 4 is 23.7 Å². The maximum Gasteiger partial charge on any atom is 0.411 e. The zero-order valence-electron chi connectivity index (χ0n) is 10.5. The standard InChI is InChI=1S/C12H13N3O4/c1-15-10(16)9(14-11(15)17)7-4-3-5-8(6-7)13-12(18)19-2/h3-6,9H,1-2H3,(H,13,18)(H,14,17). The molecule has 0 saturated carbocycles. The predicted molar refractivity (Wildman–Crippen MR) is 66.5 cm³/mol. The third kappa shape index (κ3) is 2.49. The van der Waals surface area contributed by atoms with E-state index in [-0.39, 0.29) is 5.91 Å². The maximum absolute atomic E-state index is 11.8. The van der Waals surface area contributed by atoms with Crippen molar-refractivity contribution in [3.05, 3.63) is 29.8 Å². The van der Waals surface area contributed by atoms with E-state index in [0.29, 0.717) is 11.3 Å². The zero-order chi connectivity index (χ0) is 14.0. The second-order valence-electron chi connectivity index (χ2n) is 4.02. The molecule has 0 radical (unpaired) electrons. The Bertz CT molecular complexity index is 544. The number of likely N-dealkylation sites (N-methyl/N-ethyl adjacent to an activating group) is 1. The van der Waals surface area contributed by atoms with Gasteiger partial charge in [0.05, 0.1) is 7.11 Å². The average molecular weight is 263 g/mol. The lowest BCUT2D eigenvalue weighted by Gasteiger charge is -2.10. The maximum atomic E-state index is 11.8. The number of carbonyl (C=O) groups is 3. The lowest BCUT2D eigenvalue weighted by molar-refractivity contribution is -0.126. The summed E-state index contributed by atoms with van der Waals surface area (Å²) in [7, 11) is 2.67. The molecular formula is C12H13N3O4. The minimum Gasteiger partial charge on any atom is -0.453 e. The molecule has 1 fully saturated rings. The van der Waals surface area contributed by atoms with Crippen LogP contribution in [0, 0.1) is 0 Å². The molecular weight excluding hydrogens is 250 g/mol. The number of ether oxygens (including phenoxy) is 1. The molecule has 1 heterocycles. The molecule has 19 heavy (non-hydrogen) atoms. The smallest absolute Gasteiger partial charge is 0.411 e.